The van der Waals surface area contributed by atoms with Crippen LogP contribution in [0.15, 0.2) is 33.4 Å². The largest absolute Gasteiger partial charge is 0.362 e. The highest BCUT2D eigenvalue weighted by molar-refractivity contribution is 8.02. The van der Waals surface area contributed by atoms with E-state index in [9.17, 15) is 18.0 Å². The number of aromatic nitrogens is 1. The molecule has 1 aromatic rings. The van der Waals surface area contributed by atoms with Gasteiger partial charge in [-0.15, -0.1) is 0 Å². The van der Waals surface area contributed by atoms with Gasteiger partial charge in [0.15, 0.2) is 15.3 Å². The first-order valence-electron chi connectivity index (χ1n) is 10.1. The molecule has 1 aromatic heterocycles. The van der Waals surface area contributed by atoms with Gasteiger partial charge in [0.05, 0.1) is 10.6 Å². The SMILES string of the molecule is CCS(=O)(=O)c1cc(C)n(C(CC2CCCCC2)C(=O)NC2NC=CS2)c(=O)c1. The van der Waals surface area contributed by atoms with Crippen LogP contribution in [0.4, 0.5) is 0 Å². The van der Waals surface area contributed by atoms with E-state index in [2.05, 4.69) is 10.6 Å². The van der Waals surface area contributed by atoms with Crippen molar-refractivity contribution in [2.45, 2.75) is 68.8 Å². The van der Waals surface area contributed by atoms with Gasteiger partial charge in [0.1, 0.15) is 6.04 Å². The monoisotopic (exact) mass is 439 g/mol. The molecule has 29 heavy (non-hydrogen) atoms. The first kappa shape index (κ1) is 22.0. The number of thioether (sulfide) groups is 1. The van der Waals surface area contributed by atoms with Crippen LogP contribution in [0.25, 0.3) is 0 Å². The number of aryl methyl sites for hydroxylation is 1. The average molecular weight is 440 g/mol. The van der Waals surface area contributed by atoms with Gasteiger partial charge in [0.25, 0.3) is 5.56 Å². The zero-order chi connectivity index (χ0) is 21.0. The van der Waals surface area contributed by atoms with Gasteiger partial charge in [-0.2, -0.15) is 0 Å². The van der Waals surface area contributed by atoms with Gasteiger partial charge in [-0.3, -0.25) is 9.59 Å². The van der Waals surface area contributed by atoms with Crippen LogP contribution in [0.3, 0.4) is 0 Å². The predicted molar refractivity (Wildman–Crippen MR) is 115 cm³/mol. The van der Waals surface area contributed by atoms with Crippen molar-refractivity contribution in [3.8, 4) is 0 Å². The van der Waals surface area contributed by atoms with Crippen molar-refractivity contribution in [2.24, 2.45) is 5.92 Å². The molecule has 7 nitrogen and oxygen atoms in total. The molecular formula is C20H29N3O4S2. The lowest BCUT2D eigenvalue weighted by atomic mass is 9.84. The molecule has 1 fully saturated rings. The van der Waals surface area contributed by atoms with E-state index in [-0.39, 0.29) is 22.1 Å². The number of hydrogen-bond acceptors (Lipinski definition) is 6. The number of sulfone groups is 1. The Morgan fingerprint density at radius 3 is 2.62 bits per heavy atom. The number of pyridine rings is 1. The summed E-state index contributed by atoms with van der Waals surface area (Å²) in [5.74, 6) is 0.0900. The van der Waals surface area contributed by atoms with Gasteiger partial charge in [0.2, 0.25) is 5.91 Å². The molecule has 0 spiro atoms. The molecule has 1 amide bonds. The van der Waals surface area contributed by atoms with Crippen molar-refractivity contribution in [1.29, 1.82) is 0 Å². The molecule has 1 aliphatic carbocycles. The summed E-state index contributed by atoms with van der Waals surface area (Å²) in [6, 6.07) is 2.00. The van der Waals surface area contributed by atoms with Gasteiger partial charge in [-0.1, -0.05) is 50.8 Å². The van der Waals surface area contributed by atoms with E-state index in [1.165, 1.54) is 28.8 Å². The minimum Gasteiger partial charge on any atom is -0.362 e. The van der Waals surface area contributed by atoms with Crippen LogP contribution in [0, 0.1) is 12.8 Å². The lowest BCUT2D eigenvalue weighted by Gasteiger charge is -2.29. The normalized spacial score (nSPS) is 21.0. The van der Waals surface area contributed by atoms with E-state index in [1.54, 1.807) is 20.0 Å². The Kier molecular flexibility index (Phi) is 7.10. The topological polar surface area (TPSA) is 97.3 Å². The molecule has 2 aliphatic rings. The molecule has 1 saturated carbocycles. The molecule has 9 heteroatoms. The second-order valence-electron chi connectivity index (χ2n) is 7.69. The lowest BCUT2D eigenvalue weighted by molar-refractivity contribution is -0.125. The fraction of sp³-hybridized carbons (Fsp3) is 0.600. The summed E-state index contributed by atoms with van der Waals surface area (Å²) in [5, 5.41) is 7.86. The first-order chi connectivity index (χ1) is 13.8. The van der Waals surface area contributed by atoms with Crippen molar-refractivity contribution >= 4 is 27.5 Å². The Labute approximate surface area is 176 Å². The van der Waals surface area contributed by atoms with Gasteiger partial charge in [-0.25, -0.2) is 8.42 Å². The Bertz CT molecular complexity index is 926. The molecule has 0 aromatic carbocycles. The van der Waals surface area contributed by atoms with Crippen LogP contribution in [-0.2, 0) is 14.6 Å². The van der Waals surface area contributed by atoms with E-state index < -0.39 is 21.4 Å². The van der Waals surface area contributed by atoms with E-state index >= 15 is 0 Å². The van der Waals surface area contributed by atoms with E-state index in [1.807, 2.05) is 5.41 Å². The minimum absolute atomic E-state index is 0.0211. The van der Waals surface area contributed by atoms with Crippen LogP contribution < -0.4 is 16.2 Å². The fourth-order valence-electron chi connectivity index (χ4n) is 4.08. The van der Waals surface area contributed by atoms with Gasteiger partial charge < -0.3 is 15.2 Å². The van der Waals surface area contributed by atoms with Crippen molar-refractivity contribution in [1.82, 2.24) is 15.2 Å². The maximum Gasteiger partial charge on any atom is 0.252 e. The van der Waals surface area contributed by atoms with Crippen LogP contribution in [0.2, 0.25) is 0 Å². The van der Waals surface area contributed by atoms with Gasteiger partial charge in [-0.05, 0) is 30.7 Å². The number of amides is 1. The molecule has 0 bridgehead atoms. The molecule has 0 radical (unpaired) electrons. The minimum atomic E-state index is -3.49. The summed E-state index contributed by atoms with van der Waals surface area (Å²) in [6.45, 7) is 3.25. The smallest absolute Gasteiger partial charge is 0.252 e. The Morgan fingerprint density at radius 1 is 1.31 bits per heavy atom. The molecule has 0 saturated heterocycles. The number of rotatable bonds is 7. The third kappa shape index (κ3) is 5.25. The zero-order valence-electron chi connectivity index (χ0n) is 16.9. The molecule has 3 rings (SSSR count). The summed E-state index contributed by atoms with van der Waals surface area (Å²) >= 11 is 1.46. The van der Waals surface area contributed by atoms with Crippen LogP contribution in [0.5, 0.6) is 0 Å². The molecule has 2 N–H and O–H groups in total. The van der Waals surface area contributed by atoms with Crippen molar-refractivity contribution in [3.05, 3.63) is 39.8 Å². The number of nitrogens with zero attached hydrogens (tertiary/aromatic N) is 1. The molecular weight excluding hydrogens is 410 g/mol. The third-order valence-corrected chi connectivity index (χ3v) is 8.21. The van der Waals surface area contributed by atoms with Crippen LogP contribution in [0.1, 0.15) is 57.2 Å². The zero-order valence-corrected chi connectivity index (χ0v) is 18.5. The first-order valence-corrected chi connectivity index (χ1v) is 12.7. The predicted octanol–water partition coefficient (Wildman–Crippen LogP) is 2.67. The molecule has 2 unspecified atom stereocenters. The van der Waals surface area contributed by atoms with E-state index in [4.69, 9.17) is 0 Å². The second-order valence-corrected chi connectivity index (χ2v) is 11.0. The third-order valence-electron chi connectivity index (χ3n) is 5.67. The second kappa shape index (κ2) is 9.38. The maximum absolute atomic E-state index is 13.1. The van der Waals surface area contributed by atoms with Gasteiger partial charge in [0, 0.05) is 18.0 Å². The van der Waals surface area contributed by atoms with E-state index in [0.29, 0.717) is 18.0 Å². The van der Waals surface area contributed by atoms with E-state index in [0.717, 1.165) is 31.7 Å². The van der Waals surface area contributed by atoms with Crippen LogP contribution >= 0.6 is 11.8 Å². The van der Waals surface area contributed by atoms with Crippen molar-refractivity contribution in [3.63, 3.8) is 0 Å². The summed E-state index contributed by atoms with van der Waals surface area (Å²) in [5.41, 5.74) is -0.212. The standard InChI is InChI=1S/C20H29N3O4S2/c1-3-29(26,27)16-11-14(2)23(18(24)13-16)17(12-15-7-5-4-6-8-15)19(25)22-20-21-9-10-28-20/h9-11,13,15,17,20-21H,3-8,12H2,1-2H3,(H,22,25). The van der Waals surface area contributed by atoms with Crippen molar-refractivity contribution < 1.29 is 13.2 Å². The fourth-order valence-corrected chi connectivity index (χ4v) is 5.70. The number of carbonyl (C=O) groups is 1. The number of carbonyl (C=O) groups excluding carboxylic acids is 1. The molecule has 160 valence electrons. The Balaban J connectivity index is 1.93. The Morgan fingerprint density at radius 2 is 2.03 bits per heavy atom. The Hall–Kier alpha value is -1.74. The number of hydrogen-bond donors (Lipinski definition) is 2. The molecule has 1 aliphatic heterocycles. The summed E-state index contributed by atoms with van der Waals surface area (Å²) in [4.78, 5) is 26.1. The van der Waals surface area contributed by atoms with Crippen molar-refractivity contribution in [2.75, 3.05) is 5.75 Å². The average Bonchev–Trinajstić information content (AvgIpc) is 3.20. The van der Waals surface area contributed by atoms with Crippen LogP contribution in [-0.4, -0.2) is 30.1 Å². The quantitative estimate of drug-likeness (QED) is 0.678. The number of nitrogens with one attached hydrogen (secondary N) is 2. The molecule has 2 heterocycles. The highest BCUT2D eigenvalue weighted by atomic mass is 32.2. The highest BCUT2D eigenvalue weighted by Gasteiger charge is 2.30. The molecule has 2 atom stereocenters. The highest BCUT2D eigenvalue weighted by Crippen LogP contribution is 2.31. The summed E-state index contributed by atoms with van der Waals surface area (Å²) in [7, 11) is -3.49. The summed E-state index contributed by atoms with van der Waals surface area (Å²) in [6.07, 6.45) is 7.96. The lowest BCUT2D eigenvalue weighted by Crippen LogP contribution is -2.45. The summed E-state index contributed by atoms with van der Waals surface area (Å²) < 4.78 is 25.9. The maximum atomic E-state index is 13.1. The van der Waals surface area contributed by atoms with Gasteiger partial charge >= 0.3 is 0 Å².